The summed E-state index contributed by atoms with van der Waals surface area (Å²) in [7, 11) is 13.5. The average molecular weight is 1870 g/mol. The number of phenols is 1. The number of hydrogen-bond donors (Lipinski definition) is 1. The lowest BCUT2D eigenvalue weighted by Gasteiger charge is -2.38. The monoisotopic (exact) mass is 1870 g/mol. The van der Waals surface area contributed by atoms with Crippen LogP contribution in [0.15, 0.2) is 70.6 Å². The van der Waals surface area contributed by atoms with Crippen molar-refractivity contribution in [3.63, 3.8) is 0 Å². The van der Waals surface area contributed by atoms with Crippen molar-refractivity contribution in [3.8, 4) is 57.5 Å². The van der Waals surface area contributed by atoms with Crippen LogP contribution in [0.25, 0.3) is 0 Å². The molecular weight excluding hydrogens is 1760 g/mol. The quantitative estimate of drug-likeness (QED) is 0.0456. The number of methoxy groups -OCH3 is 5. The van der Waals surface area contributed by atoms with Crippen molar-refractivity contribution >= 4 is 116 Å². The summed E-state index contributed by atoms with van der Waals surface area (Å²) >= 11 is 4.55. The molecule has 13 aliphatic rings. The maximum atomic E-state index is 14.1. The van der Waals surface area contributed by atoms with Gasteiger partial charge in [0.2, 0.25) is 13.6 Å². The van der Waals surface area contributed by atoms with E-state index in [9.17, 15) is 29.1 Å². The third kappa shape index (κ3) is 17.9. The number of carbonyl (C=O) groups excluding carboxylic acids is 5. The van der Waals surface area contributed by atoms with Crippen molar-refractivity contribution in [2.24, 2.45) is 9.98 Å². The molecule has 33 heteroatoms. The highest BCUT2D eigenvalue weighted by atomic mass is 127. The lowest BCUT2D eigenvalue weighted by Crippen LogP contribution is -2.50. The van der Waals surface area contributed by atoms with Gasteiger partial charge in [-0.2, -0.15) is 0 Å². The summed E-state index contributed by atoms with van der Waals surface area (Å²) in [5.41, 5.74) is 5.60. The van der Waals surface area contributed by atoms with Gasteiger partial charge in [-0.3, -0.25) is 34.0 Å². The van der Waals surface area contributed by atoms with Gasteiger partial charge < -0.3 is 115 Å². The zero-order valence-electron chi connectivity index (χ0n) is 68.8. The minimum absolute atomic E-state index is 0.0159. The van der Waals surface area contributed by atoms with Crippen molar-refractivity contribution in [2.45, 2.75) is 190 Å². The van der Waals surface area contributed by atoms with E-state index in [1.807, 2.05) is 84.9 Å². The van der Waals surface area contributed by atoms with Gasteiger partial charge in [-0.25, -0.2) is 0 Å². The third-order valence-electron chi connectivity index (χ3n) is 24.6. The van der Waals surface area contributed by atoms with Crippen LogP contribution in [0.5, 0.6) is 57.5 Å². The van der Waals surface area contributed by atoms with Gasteiger partial charge >= 0.3 is 0 Å². The summed E-state index contributed by atoms with van der Waals surface area (Å²) in [4.78, 5) is 92.1. The van der Waals surface area contributed by atoms with Gasteiger partial charge in [0.1, 0.15) is 0 Å². The van der Waals surface area contributed by atoms with Crippen molar-refractivity contribution in [1.82, 2.24) is 24.5 Å². The number of anilines is 3. The fraction of sp³-hybridized carbons (Fsp3) is 0.570. The predicted octanol–water partition coefficient (Wildman–Crippen LogP) is 12.9. The Morgan fingerprint density at radius 3 is 0.983 bits per heavy atom. The molecule has 3 unspecified atom stereocenters. The molecule has 11 atom stereocenters. The highest BCUT2D eigenvalue weighted by molar-refractivity contribution is 14.2. The molecule has 0 spiro atoms. The molecule has 5 aromatic rings. The topological polar surface area (TPSA) is 295 Å². The van der Waals surface area contributed by atoms with Crippen LogP contribution in [-0.2, 0) is 28.4 Å². The molecule has 0 aliphatic carbocycles. The Labute approximate surface area is 721 Å². The second kappa shape index (κ2) is 38.6. The first-order valence-electron chi connectivity index (χ1n) is 41.5. The minimum Gasteiger partial charge on any atom is -0.504 e. The molecular formula is C86H108I2N10O21. The van der Waals surface area contributed by atoms with E-state index in [4.69, 9.17) is 71.1 Å². The molecule has 0 bridgehead atoms. The molecule has 642 valence electrons. The minimum atomic E-state index is -0.369. The molecule has 1 N–H and O–H groups in total. The van der Waals surface area contributed by atoms with Gasteiger partial charge in [0.15, 0.2) is 95.0 Å². The summed E-state index contributed by atoms with van der Waals surface area (Å²) in [6, 6.07) is 16.8. The van der Waals surface area contributed by atoms with Crippen LogP contribution in [-0.4, -0.2) is 265 Å². The second-order valence-electron chi connectivity index (χ2n) is 31.4. The fourth-order valence-electron chi connectivity index (χ4n) is 18.4. The number of halogens is 2. The van der Waals surface area contributed by atoms with E-state index in [-0.39, 0.29) is 117 Å². The Balaban J connectivity index is 0.000000145. The van der Waals surface area contributed by atoms with Crippen LogP contribution < -0.4 is 57.3 Å². The number of hydrogen-bond acceptors (Lipinski definition) is 26. The largest absolute Gasteiger partial charge is 0.504 e. The molecule has 8 saturated heterocycles. The Kier molecular flexibility index (Phi) is 27.7. The molecule has 0 aromatic heterocycles. The molecule has 0 radical (unpaired) electrons. The summed E-state index contributed by atoms with van der Waals surface area (Å²) < 4.78 is 90.4. The number of nitrogens with zero attached hydrogens (tertiary/aromatic N) is 10. The maximum Gasteiger partial charge on any atom is 0.256 e. The lowest BCUT2D eigenvalue weighted by atomic mass is 10.1. The molecule has 13 aliphatic heterocycles. The first-order chi connectivity index (χ1) is 57.9. The maximum absolute atomic E-state index is 14.1. The highest BCUT2D eigenvalue weighted by Crippen LogP contribution is 2.48. The van der Waals surface area contributed by atoms with Gasteiger partial charge in [0.05, 0.1) is 124 Å². The Morgan fingerprint density at radius 1 is 0.361 bits per heavy atom. The van der Waals surface area contributed by atoms with Gasteiger partial charge in [-0.05, 0) is 152 Å². The molecule has 5 aromatic carbocycles. The van der Waals surface area contributed by atoms with E-state index in [0.29, 0.717) is 161 Å². The fourth-order valence-corrected chi connectivity index (χ4v) is 18.4. The first-order valence-corrected chi connectivity index (χ1v) is 44.5. The summed E-state index contributed by atoms with van der Waals surface area (Å²) in [5, 5.41) is 10.2. The molecule has 119 heavy (non-hydrogen) atoms. The molecule has 5 amide bonds. The zero-order valence-corrected chi connectivity index (χ0v) is 73.1. The Hall–Kier alpha value is -8.59. The number of phenolic OH excluding ortho intramolecular Hbond substituents is 1. The Morgan fingerprint density at radius 2 is 0.655 bits per heavy atom. The molecule has 18 rings (SSSR count). The number of benzene rings is 5. The number of rotatable bonds is 19. The van der Waals surface area contributed by atoms with E-state index in [0.717, 1.165) is 122 Å². The smallest absolute Gasteiger partial charge is 0.256 e. The standard InChI is InChI=1S/C39H52N4O10.C27H28N4O6.C19H26N2O5.CH2I2/c1-40-28-21-30(46-3)32(19-24(28)36(44)42-15-9-11-26(42)38(40)52-34-13-5-7-17-48-34)50-23-51-33-20-25-29(22-31(33)47-4)41(2)39(53-35-14-6-8-18-49-35)27-12-10-16-43(27)37(25)45;1-34-22-11-20-18(26(32)30-7-3-5-16(30)13-28-20)9-24(22)36-15-37-25-10-19-21(12-23(25)35-2)29-14-17-6-4-8-31(17)27(19)33;1-20-14-11-16(24-2)15(22)10-12(14)18(23)21-8-5-6-13(21)19(20)26-17-7-3-4-9-25-17;2-1-3/h19-22,26-27,34-35,38-39H,5-18,23H2,1-4H3;9-14,16-17H,3-8,15H2,1-2H3;10-11,13,17,19,22H,3-9H2,1-2H3;1H2/t26-,27-,34?,35?,38-,39-;16-,17-;13-,17?,19-;/m000./s1. The Bertz CT molecular complexity index is 4340. The average Bonchev–Trinajstić information content (AvgIpc) is 1.63. The van der Waals surface area contributed by atoms with Crippen LogP contribution >= 0.6 is 45.2 Å². The van der Waals surface area contributed by atoms with Crippen LogP contribution in [0.3, 0.4) is 0 Å². The van der Waals surface area contributed by atoms with E-state index in [1.165, 1.54) is 29.8 Å². The number of ether oxygens (including phenoxy) is 15. The molecule has 31 nitrogen and oxygen atoms in total. The van der Waals surface area contributed by atoms with Crippen molar-refractivity contribution < 1.29 is 100 Å². The predicted molar refractivity (Wildman–Crippen MR) is 459 cm³/mol. The van der Waals surface area contributed by atoms with Crippen LogP contribution in [0.4, 0.5) is 28.4 Å². The number of carbonyl (C=O) groups is 5. The van der Waals surface area contributed by atoms with Crippen LogP contribution in [0, 0.1) is 0 Å². The summed E-state index contributed by atoms with van der Waals surface area (Å²) in [6.07, 6.45) is 19.7. The lowest BCUT2D eigenvalue weighted by molar-refractivity contribution is -0.196. The summed E-state index contributed by atoms with van der Waals surface area (Å²) in [6.45, 7) is 5.07. The van der Waals surface area contributed by atoms with E-state index in [2.05, 4.69) is 55.2 Å². The van der Waals surface area contributed by atoms with Gasteiger partial charge in [-0.15, -0.1) is 0 Å². The van der Waals surface area contributed by atoms with Crippen LogP contribution in [0.1, 0.15) is 174 Å². The van der Waals surface area contributed by atoms with E-state index >= 15 is 0 Å². The van der Waals surface area contributed by atoms with Crippen molar-refractivity contribution in [2.75, 3.05) is 140 Å². The summed E-state index contributed by atoms with van der Waals surface area (Å²) in [5.74, 6) is 3.14. The number of aromatic hydroxyl groups is 1. The molecule has 13 heterocycles. The molecule has 0 saturated carbocycles. The number of fused-ring (bicyclic) bond motifs is 10. The van der Waals surface area contributed by atoms with Gasteiger partial charge in [0.25, 0.3) is 29.5 Å². The van der Waals surface area contributed by atoms with Crippen molar-refractivity contribution in [3.05, 3.63) is 88.5 Å². The zero-order chi connectivity index (χ0) is 83.1. The second-order valence-corrected chi connectivity index (χ2v) is 35.9. The number of aliphatic imine (C=N–C) groups is 2. The SMILES string of the molecule is COc1cc2c(cc1O)C(=O)N1CCC[C@H]1[C@H](OC1CCCCO1)N2C.COc1cc2c(cc1OCOc1cc3c(cc1OC)N(C)[C@@H](OC1CCCCO1)[C@@H]1CCCN1C3=O)C(=O)N1CCC[C@H]1[C@H](OC1CCCCO1)N2C.COc1cc2c(cc1OCOc1cc3c(cc1OC)N=C[C@@H]1CCCN1C3=O)C(=O)N1CCC[C@H]1C=N2.ICI. The van der Waals surface area contributed by atoms with Crippen molar-refractivity contribution in [1.29, 1.82) is 0 Å². The number of likely N-dealkylation sites (N-methyl/N-ethyl adjacent to an activating group) is 3. The first kappa shape index (κ1) is 85.4. The molecule has 8 fully saturated rings. The van der Waals surface area contributed by atoms with Gasteiger partial charge in [0, 0.05) is 116 Å². The normalized spacial score (nSPS) is 25.8. The third-order valence-corrected chi connectivity index (χ3v) is 24.6. The van der Waals surface area contributed by atoms with E-state index in [1.54, 1.807) is 56.7 Å². The number of amides is 5. The van der Waals surface area contributed by atoms with Gasteiger partial charge in [-0.1, -0.05) is 45.2 Å². The van der Waals surface area contributed by atoms with Crippen LogP contribution in [0.2, 0.25) is 0 Å². The number of alkyl halides is 2. The highest BCUT2D eigenvalue weighted by Gasteiger charge is 2.49. The van der Waals surface area contributed by atoms with E-state index < -0.39 is 0 Å².